The van der Waals surface area contributed by atoms with E-state index in [1.165, 1.54) is 12.8 Å². The van der Waals surface area contributed by atoms with Crippen LogP contribution in [-0.4, -0.2) is 0 Å². The zero-order valence-electron chi connectivity index (χ0n) is 18.5. The van der Waals surface area contributed by atoms with Crippen LogP contribution in [0.4, 0.5) is 0 Å². The summed E-state index contributed by atoms with van der Waals surface area (Å²) in [7, 11) is 0. The van der Waals surface area contributed by atoms with Gasteiger partial charge in [0.2, 0.25) is 0 Å². The highest BCUT2D eigenvalue weighted by atomic mass is 14.7. The maximum absolute atomic E-state index is 2.67. The summed E-state index contributed by atoms with van der Waals surface area (Å²) in [6.07, 6.45) is 23.1. The molecule has 29 heavy (non-hydrogen) atoms. The summed E-state index contributed by atoms with van der Waals surface area (Å²) < 4.78 is 0. The van der Waals surface area contributed by atoms with Crippen molar-refractivity contribution in [3.8, 4) is 0 Å². The van der Waals surface area contributed by atoms with Gasteiger partial charge in [0.25, 0.3) is 0 Å². The van der Waals surface area contributed by atoms with Crippen molar-refractivity contribution < 1.29 is 0 Å². The number of rotatable bonds is 4. The molecule has 0 aromatic heterocycles. The van der Waals surface area contributed by atoms with Crippen molar-refractivity contribution in [2.24, 2.45) is 88.3 Å². The van der Waals surface area contributed by atoms with Gasteiger partial charge in [-0.1, -0.05) is 38.2 Å². The van der Waals surface area contributed by atoms with Crippen LogP contribution in [0, 0.1) is 88.3 Å². The van der Waals surface area contributed by atoms with Crippen LogP contribution in [0.5, 0.6) is 0 Å². The molecular formula is C29H40. The van der Waals surface area contributed by atoms with Gasteiger partial charge in [-0.15, -0.1) is 0 Å². The molecule has 6 saturated carbocycles. The van der Waals surface area contributed by atoms with Crippen molar-refractivity contribution in [3.63, 3.8) is 0 Å². The molecule has 8 bridgehead atoms. The first-order valence-corrected chi connectivity index (χ1v) is 13.4. The van der Waals surface area contributed by atoms with E-state index >= 15 is 0 Å². The average Bonchev–Trinajstić information content (AvgIpc) is 3.52. The third-order valence-corrected chi connectivity index (χ3v) is 12.4. The molecule has 0 radical (unpaired) electrons. The number of hydrogen-bond acceptors (Lipinski definition) is 0. The van der Waals surface area contributed by atoms with Crippen LogP contribution in [-0.2, 0) is 0 Å². The largest absolute Gasteiger partial charge is 0.0848 e. The van der Waals surface area contributed by atoms with Crippen LogP contribution in [0.3, 0.4) is 0 Å². The predicted molar refractivity (Wildman–Crippen MR) is 118 cm³/mol. The Morgan fingerprint density at radius 1 is 0.552 bits per heavy atom. The normalized spacial score (nSPS) is 62.0. The summed E-state index contributed by atoms with van der Waals surface area (Å²) in [6, 6.07) is 0. The van der Waals surface area contributed by atoms with Gasteiger partial charge >= 0.3 is 0 Å². The maximum Gasteiger partial charge on any atom is -0.0194 e. The second-order valence-corrected chi connectivity index (χ2v) is 14.1. The summed E-state index contributed by atoms with van der Waals surface area (Å²) in [6.45, 7) is 5.34. The lowest BCUT2D eigenvalue weighted by atomic mass is 9.62. The molecule has 0 amide bonds. The maximum atomic E-state index is 2.67. The number of hydrogen-bond donors (Lipinski definition) is 0. The van der Waals surface area contributed by atoms with Crippen molar-refractivity contribution in [3.05, 3.63) is 24.3 Å². The van der Waals surface area contributed by atoms with Crippen LogP contribution >= 0.6 is 0 Å². The van der Waals surface area contributed by atoms with E-state index in [2.05, 4.69) is 38.2 Å². The first-order chi connectivity index (χ1) is 14.1. The predicted octanol–water partition coefficient (Wildman–Crippen LogP) is 6.98. The molecule has 14 atom stereocenters. The zero-order valence-corrected chi connectivity index (χ0v) is 18.5. The summed E-state index contributed by atoms with van der Waals surface area (Å²) >= 11 is 0. The van der Waals surface area contributed by atoms with Gasteiger partial charge in [-0.2, -0.15) is 0 Å². The van der Waals surface area contributed by atoms with Gasteiger partial charge in [-0.3, -0.25) is 0 Å². The fraction of sp³-hybridized carbons (Fsp3) is 0.862. The molecule has 0 heterocycles. The molecule has 0 heteroatoms. The second kappa shape index (κ2) is 5.45. The van der Waals surface area contributed by atoms with Crippen LogP contribution in [0.2, 0.25) is 0 Å². The molecule has 0 nitrogen and oxygen atoms in total. The van der Waals surface area contributed by atoms with Crippen LogP contribution in [0.25, 0.3) is 0 Å². The summed E-state index contributed by atoms with van der Waals surface area (Å²) in [5, 5.41) is 0. The highest BCUT2D eigenvalue weighted by Crippen LogP contribution is 2.70. The molecule has 0 spiro atoms. The monoisotopic (exact) mass is 388 g/mol. The van der Waals surface area contributed by atoms with Gasteiger partial charge in [0.05, 0.1) is 0 Å². The Morgan fingerprint density at radius 3 is 1.41 bits per heavy atom. The van der Waals surface area contributed by atoms with E-state index in [1.807, 2.05) is 0 Å². The quantitative estimate of drug-likeness (QED) is 0.360. The summed E-state index contributed by atoms with van der Waals surface area (Å²) in [4.78, 5) is 0. The minimum absolute atomic E-state index is 0.580. The summed E-state index contributed by atoms with van der Waals surface area (Å²) in [5.41, 5.74) is 0.580. The van der Waals surface area contributed by atoms with Gasteiger partial charge in [0.15, 0.2) is 0 Å². The molecule has 0 saturated heterocycles. The van der Waals surface area contributed by atoms with Crippen molar-refractivity contribution in [1.82, 2.24) is 0 Å². The van der Waals surface area contributed by atoms with Crippen molar-refractivity contribution >= 4 is 0 Å². The van der Waals surface area contributed by atoms with Crippen LogP contribution in [0.15, 0.2) is 24.3 Å². The lowest BCUT2D eigenvalue weighted by molar-refractivity contribution is 0.0758. The minimum atomic E-state index is 0.580. The third-order valence-electron chi connectivity index (χ3n) is 12.4. The fourth-order valence-electron chi connectivity index (χ4n) is 12.3. The van der Waals surface area contributed by atoms with E-state index in [4.69, 9.17) is 0 Å². The SMILES string of the molecule is CC(C)(CC1CC2CC1C1C3C=CC(C3)C21)CC1CC2CC1C1C3C=CC(C3)C21. The molecular weight excluding hydrogens is 348 g/mol. The molecule has 14 unspecified atom stereocenters. The first-order valence-electron chi connectivity index (χ1n) is 13.4. The van der Waals surface area contributed by atoms with E-state index in [1.54, 1.807) is 38.5 Å². The van der Waals surface area contributed by atoms with Gasteiger partial charge < -0.3 is 0 Å². The molecule has 0 aromatic carbocycles. The Bertz CT molecular complexity index is 722. The molecule has 156 valence electrons. The van der Waals surface area contributed by atoms with Gasteiger partial charge in [-0.05, 0) is 140 Å². The molecule has 0 aromatic rings. The Morgan fingerprint density at radius 2 is 0.966 bits per heavy atom. The third kappa shape index (κ3) is 2.13. The first kappa shape index (κ1) is 17.1. The van der Waals surface area contributed by atoms with Crippen LogP contribution in [0.1, 0.15) is 65.2 Å². The Labute approximate surface area is 178 Å². The average molecular weight is 389 g/mol. The van der Waals surface area contributed by atoms with E-state index < -0.39 is 0 Å². The van der Waals surface area contributed by atoms with E-state index in [0.29, 0.717) is 5.41 Å². The van der Waals surface area contributed by atoms with Crippen molar-refractivity contribution in [1.29, 1.82) is 0 Å². The molecule has 0 N–H and O–H groups in total. The molecule has 6 fully saturated rings. The van der Waals surface area contributed by atoms with Gasteiger partial charge in [-0.25, -0.2) is 0 Å². The van der Waals surface area contributed by atoms with Gasteiger partial charge in [0, 0.05) is 0 Å². The highest BCUT2D eigenvalue weighted by molar-refractivity contribution is 5.22. The Hall–Kier alpha value is -0.520. The smallest absolute Gasteiger partial charge is 0.0194 e. The number of fused-ring (bicyclic) bond motifs is 18. The second-order valence-electron chi connectivity index (χ2n) is 14.1. The van der Waals surface area contributed by atoms with Crippen molar-refractivity contribution in [2.45, 2.75) is 65.2 Å². The van der Waals surface area contributed by atoms with E-state index in [9.17, 15) is 0 Å². The summed E-state index contributed by atoms with van der Waals surface area (Å²) in [5.74, 6) is 14.9. The lowest BCUT2D eigenvalue weighted by Gasteiger charge is -2.43. The standard InChI is InChI=1S/C29H40/c1-29(2,13-21-9-19-11-23(21)27-17-5-3-15(7-17)25(19)27)14-22-10-20-12-24(22)28-18-6-4-16(8-18)26(20)28/h3-6,15-28H,7-14H2,1-2H3. The highest BCUT2D eigenvalue weighted by Gasteiger charge is 2.63. The zero-order chi connectivity index (χ0) is 19.1. The fourth-order valence-corrected chi connectivity index (χ4v) is 12.3. The molecule has 8 rings (SSSR count). The molecule has 0 aliphatic heterocycles. The van der Waals surface area contributed by atoms with E-state index in [-0.39, 0.29) is 0 Å². The van der Waals surface area contributed by atoms with E-state index in [0.717, 1.165) is 82.9 Å². The number of allylic oxidation sites excluding steroid dienone is 4. The Balaban J connectivity index is 0.971. The van der Waals surface area contributed by atoms with Crippen molar-refractivity contribution in [2.75, 3.05) is 0 Å². The Kier molecular flexibility index (Phi) is 3.21. The topological polar surface area (TPSA) is 0 Å². The van der Waals surface area contributed by atoms with Crippen LogP contribution < -0.4 is 0 Å². The molecule has 8 aliphatic rings. The minimum Gasteiger partial charge on any atom is -0.0848 e. The van der Waals surface area contributed by atoms with Gasteiger partial charge in [0.1, 0.15) is 0 Å². The molecule has 8 aliphatic carbocycles. The lowest BCUT2D eigenvalue weighted by Crippen LogP contribution is -2.35.